The van der Waals surface area contributed by atoms with Crippen molar-refractivity contribution in [2.75, 3.05) is 0 Å². The fraction of sp³-hybridized carbons (Fsp3) is 0.667. The molecule has 0 aliphatic heterocycles. The van der Waals surface area contributed by atoms with Crippen LogP contribution in [-0.2, 0) is 15.8 Å². The second-order valence-electron chi connectivity index (χ2n) is 7.04. The Morgan fingerprint density at radius 1 is 0.913 bits per heavy atom. The third-order valence-electron chi connectivity index (χ3n) is 5.64. The van der Waals surface area contributed by atoms with Crippen molar-refractivity contribution in [3.63, 3.8) is 0 Å². The summed E-state index contributed by atoms with van der Waals surface area (Å²) < 4.78 is 28.2. The summed E-state index contributed by atoms with van der Waals surface area (Å²) in [7, 11) is -3.39. The van der Waals surface area contributed by atoms with Gasteiger partial charge in [0.15, 0.2) is 0 Å². The lowest BCUT2D eigenvalue weighted by atomic mass is 9.90. The summed E-state index contributed by atoms with van der Waals surface area (Å²) in [5.41, 5.74) is 12.8. The Morgan fingerprint density at radius 3 is 1.91 bits per heavy atom. The van der Waals surface area contributed by atoms with E-state index in [-0.39, 0.29) is 17.8 Å². The summed E-state index contributed by atoms with van der Waals surface area (Å²) in [6.45, 7) is 10.3. The molecule has 0 bridgehead atoms. The Bertz CT molecular complexity index is 666. The molecule has 0 spiro atoms. The number of nitrogens with one attached hydrogen (secondary N) is 1. The minimum absolute atomic E-state index is 0.0375. The molecule has 23 heavy (non-hydrogen) atoms. The standard InChI is InChI=1S/C18H30N2O2S/c1-11-12(2)14(4)16(15(5)13(11)3)10-23(21,22)20-18-9-7-6-8-17(18)19/h17-18,20H,6-10,19H2,1-5H3. The quantitative estimate of drug-likeness (QED) is 0.886. The van der Waals surface area contributed by atoms with E-state index in [0.29, 0.717) is 0 Å². The van der Waals surface area contributed by atoms with Gasteiger partial charge in [-0.3, -0.25) is 0 Å². The summed E-state index contributed by atoms with van der Waals surface area (Å²) in [6.07, 6.45) is 3.87. The van der Waals surface area contributed by atoms with Crippen LogP contribution in [0.1, 0.15) is 59.1 Å². The second-order valence-corrected chi connectivity index (χ2v) is 8.79. The van der Waals surface area contributed by atoms with Gasteiger partial charge in [-0.1, -0.05) is 12.8 Å². The Morgan fingerprint density at radius 2 is 1.39 bits per heavy atom. The molecule has 3 N–H and O–H groups in total. The average Bonchev–Trinajstić information content (AvgIpc) is 2.50. The smallest absolute Gasteiger partial charge is 0.216 e. The molecular formula is C18H30N2O2S. The van der Waals surface area contributed by atoms with Gasteiger partial charge in [0.1, 0.15) is 0 Å². The van der Waals surface area contributed by atoms with E-state index in [9.17, 15) is 8.42 Å². The summed E-state index contributed by atoms with van der Waals surface area (Å²) in [5, 5.41) is 0. The van der Waals surface area contributed by atoms with Crippen LogP contribution in [0, 0.1) is 34.6 Å². The lowest BCUT2D eigenvalue weighted by Gasteiger charge is -2.29. The molecule has 2 unspecified atom stereocenters. The predicted octanol–water partition coefficient (Wildman–Crippen LogP) is 2.92. The fourth-order valence-electron chi connectivity index (χ4n) is 3.56. The molecule has 1 aliphatic carbocycles. The van der Waals surface area contributed by atoms with Crippen molar-refractivity contribution in [1.82, 2.24) is 4.72 Å². The molecule has 0 saturated heterocycles. The predicted molar refractivity (Wildman–Crippen MR) is 96.1 cm³/mol. The molecule has 5 heteroatoms. The molecule has 2 rings (SSSR count). The number of hydrogen-bond acceptors (Lipinski definition) is 3. The first-order valence-corrected chi connectivity index (χ1v) is 10.1. The first-order valence-electron chi connectivity index (χ1n) is 8.45. The van der Waals surface area contributed by atoms with Crippen LogP contribution in [-0.4, -0.2) is 20.5 Å². The second kappa shape index (κ2) is 6.91. The van der Waals surface area contributed by atoms with Gasteiger partial charge in [0.05, 0.1) is 5.75 Å². The number of rotatable bonds is 4. The van der Waals surface area contributed by atoms with Crippen molar-refractivity contribution in [3.05, 3.63) is 33.4 Å². The minimum Gasteiger partial charge on any atom is -0.326 e. The zero-order chi connectivity index (χ0) is 17.4. The third kappa shape index (κ3) is 3.95. The largest absolute Gasteiger partial charge is 0.326 e. The maximum atomic E-state index is 12.7. The van der Waals surface area contributed by atoms with Crippen LogP contribution >= 0.6 is 0 Å². The van der Waals surface area contributed by atoms with Gasteiger partial charge in [-0.05, 0) is 80.8 Å². The van der Waals surface area contributed by atoms with E-state index in [4.69, 9.17) is 5.73 Å². The van der Waals surface area contributed by atoms with E-state index in [2.05, 4.69) is 25.5 Å². The van der Waals surface area contributed by atoms with Gasteiger partial charge in [0.2, 0.25) is 10.0 Å². The van der Waals surface area contributed by atoms with E-state index in [0.717, 1.165) is 42.4 Å². The first kappa shape index (κ1) is 18.4. The number of benzene rings is 1. The van der Waals surface area contributed by atoms with Gasteiger partial charge in [0.25, 0.3) is 0 Å². The lowest BCUT2D eigenvalue weighted by Crippen LogP contribution is -2.49. The van der Waals surface area contributed by atoms with Gasteiger partial charge < -0.3 is 5.73 Å². The van der Waals surface area contributed by atoms with Crippen LogP contribution in [0.25, 0.3) is 0 Å². The molecule has 1 saturated carbocycles. The van der Waals surface area contributed by atoms with E-state index in [1.54, 1.807) is 0 Å². The summed E-state index contributed by atoms with van der Waals surface area (Å²) in [5.74, 6) is 0.0375. The zero-order valence-electron chi connectivity index (χ0n) is 15.0. The maximum Gasteiger partial charge on any atom is 0.216 e. The van der Waals surface area contributed by atoms with Gasteiger partial charge in [-0.2, -0.15) is 0 Å². The molecule has 1 aromatic rings. The van der Waals surface area contributed by atoms with Crippen LogP contribution in [0.15, 0.2) is 0 Å². The molecule has 2 atom stereocenters. The Kier molecular flexibility index (Phi) is 5.54. The average molecular weight is 339 g/mol. The highest BCUT2D eigenvalue weighted by Crippen LogP contribution is 2.27. The molecule has 0 heterocycles. The summed E-state index contributed by atoms with van der Waals surface area (Å²) in [4.78, 5) is 0. The molecule has 1 fully saturated rings. The highest BCUT2D eigenvalue weighted by molar-refractivity contribution is 7.88. The molecule has 130 valence electrons. The summed E-state index contributed by atoms with van der Waals surface area (Å²) in [6, 6.07) is -0.191. The Balaban J connectivity index is 2.27. The van der Waals surface area contributed by atoms with Crippen LogP contribution in [0.5, 0.6) is 0 Å². The van der Waals surface area contributed by atoms with Crippen molar-refractivity contribution < 1.29 is 8.42 Å². The van der Waals surface area contributed by atoms with Crippen LogP contribution in [0.4, 0.5) is 0 Å². The topological polar surface area (TPSA) is 72.2 Å². The SMILES string of the molecule is Cc1c(C)c(C)c(CS(=O)(=O)NC2CCCCC2N)c(C)c1C. The number of hydrogen-bond donors (Lipinski definition) is 2. The van der Waals surface area contributed by atoms with Crippen LogP contribution in [0.2, 0.25) is 0 Å². The van der Waals surface area contributed by atoms with Crippen molar-refractivity contribution in [3.8, 4) is 0 Å². The van der Waals surface area contributed by atoms with Crippen molar-refractivity contribution in [2.45, 2.75) is 78.1 Å². The first-order chi connectivity index (χ1) is 10.6. The minimum atomic E-state index is -3.39. The van der Waals surface area contributed by atoms with Crippen LogP contribution < -0.4 is 10.5 Å². The van der Waals surface area contributed by atoms with Gasteiger partial charge in [-0.15, -0.1) is 0 Å². The molecule has 1 aliphatic rings. The van der Waals surface area contributed by atoms with Crippen molar-refractivity contribution in [2.24, 2.45) is 5.73 Å². The van der Waals surface area contributed by atoms with Gasteiger partial charge in [-0.25, -0.2) is 13.1 Å². The lowest BCUT2D eigenvalue weighted by molar-refractivity contribution is 0.361. The zero-order valence-corrected chi connectivity index (χ0v) is 15.8. The van der Waals surface area contributed by atoms with E-state index >= 15 is 0 Å². The third-order valence-corrected chi connectivity index (χ3v) is 6.97. The molecule has 0 amide bonds. The molecule has 0 radical (unpaired) electrons. The van der Waals surface area contributed by atoms with Gasteiger partial charge in [0, 0.05) is 12.1 Å². The van der Waals surface area contributed by atoms with E-state index < -0.39 is 10.0 Å². The molecule has 1 aromatic carbocycles. The molecule has 4 nitrogen and oxygen atoms in total. The molecular weight excluding hydrogens is 308 g/mol. The Hall–Kier alpha value is -0.910. The van der Waals surface area contributed by atoms with Crippen molar-refractivity contribution >= 4 is 10.0 Å². The van der Waals surface area contributed by atoms with Crippen molar-refractivity contribution in [1.29, 1.82) is 0 Å². The Labute approximate surface area is 140 Å². The number of nitrogens with two attached hydrogens (primary N) is 1. The monoisotopic (exact) mass is 338 g/mol. The summed E-state index contributed by atoms with van der Waals surface area (Å²) >= 11 is 0. The van der Waals surface area contributed by atoms with Gasteiger partial charge >= 0.3 is 0 Å². The highest BCUT2D eigenvalue weighted by Gasteiger charge is 2.27. The molecule has 0 aromatic heterocycles. The normalized spacial score (nSPS) is 22.3. The highest BCUT2D eigenvalue weighted by atomic mass is 32.2. The number of sulfonamides is 1. The fourth-order valence-corrected chi connectivity index (χ4v) is 5.21. The maximum absolute atomic E-state index is 12.7. The van der Waals surface area contributed by atoms with Crippen LogP contribution in [0.3, 0.4) is 0 Å². The van der Waals surface area contributed by atoms with E-state index in [1.807, 2.05) is 13.8 Å². The van der Waals surface area contributed by atoms with E-state index in [1.165, 1.54) is 16.7 Å².